The SMILES string of the molecule is CCO[SiH](COC(=S)CC)OCC. The fourth-order valence-corrected chi connectivity index (χ4v) is 2.34. The van der Waals surface area contributed by atoms with Crippen molar-refractivity contribution in [1.29, 1.82) is 0 Å². The van der Waals surface area contributed by atoms with E-state index in [0.717, 1.165) is 6.42 Å². The molecule has 0 fully saturated rings. The number of hydrogen-bond acceptors (Lipinski definition) is 4. The monoisotopic (exact) mass is 222 g/mol. The highest BCUT2D eigenvalue weighted by molar-refractivity contribution is 7.80. The summed E-state index contributed by atoms with van der Waals surface area (Å²) in [6.07, 6.45) is 1.29. The van der Waals surface area contributed by atoms with Crippen LogP contribution in [0.3, 0.4) is 0 Å². The minimum absolute atomic E-state index is 0.522. The molecule has 0 atom stereocenters. The third-order valence-electron chi connectivity index (χ3n) is 1.37. The lowest BCUT2D eigenvalue weighted by molar-refractivity contribution is 0.186. The normalized spacial score (nSPS) is 10.5. The van der Waals surface area contributed by atoms with E-state index in [0.29, 0.717) is 24.5 Å². The molecule has 13 heavy (non-hydrogen) atoms. The summed E-state index contributed by atoms with van der Waals surface area (Å²) >= 11 is 4.93. The van der Waals surface area contributed by atoms with E-state index in [-0.39, 0.29) is 0 Å². The van der Waals surface area contributed by atoms with E-state index in [1.165, 1.54) is 0 Å². The second-order valence-corrected chi connectivity index (χ2v) is 4.69. The molecule has 0 aliphatic rings. The highest BCUT2D eigenvalue weighted by atomic mass is 32.1. The first kappa shape index (κ1) is 13.0. The van der Waals surface area contributed by atoms with Gasteiger partial charge in [-0.15, -0.1) is 0 Å². The minimum atomic E-state index is -1.61. The first-order valence-electron chi connectivity index (χ1n) is 4.63. The molecule has 0 unspecified atom stereocenters. The predicted molar refractivity (Wildman–Crippen MR) is 59.2 cm³/mol. The van der Waals surface area contributed by atoms with Gasteiger partial charge in [-0.05, 0) is 26.1 Å². The molecule has 0 saturated heterocycles. The Labute approximate surface area is 87.2 Å². The van der Waals surface area contributed by atoms with Gasteiger partial charge in [0.1, 0.15) is 6.23 Å². The zero-order valence-corrected chi connectivity index (χ0v) is 10.5. The number of rotatable bonds is 7. The van der Waals surface area contributed by atoms with Crippen molar-refractivity contribution in [2.75, 3.05) is 19.4 Å². The summed E-state index contributed by atoms with van der Waals surface area (Å²) in [6.45, 7) is 7.24. The van der Waals surface area contributed by atoms with Gasteiger partial charge in [0.2, 0.25) is 0 Å². The molecule has 0 heterocycles. The molecule has 0 aliphatic heterocycles. The Morgan fingerprint density at radius 3 is 2.08 bits per heavy atom. The lowest BCUT2D eigenvalue weighted by atomic mass is 10.5. The second-order valence-electron chi connectivity index (χ2n) is 2.38. The molecule has 0 radical (unpaired) electrons. The minimum Gasteiger partial charge on any atom is -0.485 e. The Bertz CT molecular complexity index is 137. The van der Waals surface area contributed by atoms with Gasteiger partial charge in [-0.1, -0.05) is 6.92 Å². The first-order valence-corrected chi connectivity index (χ1v) is 6.80. The Hall–Kier alpha value is 0.0269. The average molecular weight is 222 g/mol. The molecule has 0 rings (SSSR count). The smallest absolute Gasteiger partial charge is 0.360 e. The fourth-order valence-electron chi connectivity index (χ4n) is 0.779. The van der Waals surface area contributed by atoms with Crippen LogP contribution in [-0.4, -0.2) is 33.8 Å². The molecular formula is C8H18O3SSi. The van der Waals surface area contributed by atoms with Crippen LogP contribution >= 0.6 is 12.2 Å². The Kier molecular flexibility index (Phi) is 8.64. The van der Waals surface area contributed by atoms with Crippen LogP contribution in [0.25, 0.3) is 0 Å². The van der Waals surface area contributed by atoms with E-state index >= 15 is 0 Å². The van der Waals surface area contributed by atoms with Crippen molar-refractivity contribution in [2.24, 2.45) is 0 Å². The molecule has 5 heteroatoms. The second kappa shape index (κ2) is 8.62. The molecule has 0 aliphatic carbocycles. The number of ether oxygens (including phenoxy) is 1. The molecule has 0 N–H and O–H groups in total. The van der Waals surface area contributed by atoms with Crippen LogP contribution in [0.5, 0.6) is 0 Å². The van der Waals surface area contributed by atoms with Crippen LogP contribution in [0.15, 0.2) is 0 Å². The quantitative estimate of drug-likeness (QED) is 0.483. The summed E-state index contributed by atoms with van der Waals surface area (Å²) in [5.41, 5.74) is 0. The van der Waals surface area contributed by atoms with Crippen LogP contribution in [0.4, 0.5) is 0 Å². The lowest BCUT2D eigenvalue weighted by Crippen LogP contribution is -2.30. The average Bonchev–Trinajstić information content (AvgIpc) is 2.14. The fraction of sp³-hybridized carbons (Fsp3) is 0.875. The van der Waals surface area contributed by atoms with Crippen molar-refractivity contribution < 1.29 is 13.6 Å². The van der Waals surface area contributed by atoms with E-state index in [2.05, 4.69) is 0 Å². The predicted octanol–water partition coefficient (Wildman–Crippen LogP) is 1.57. The van der Waals surface area contributed by atoms with Crippen molar-refractivity contribution in [3.63, 3.8) is 0 Å². The Morgan fingerprint density at radius 2 is 1.69 bits per heavy atom. The summed E-state index contributed by atoms with van der Waals surface area (Å²) in [5.74, 6) is 0. The third kappa shape index (κ3) is 7.13. The molecule has 0 bridgehead atoms. The van der Waals surface area contributed by atoms with E-state index in [9.17, 15) is 0 Å². The Balaban J connectivity index is 3.61. The zero-order valence-electron chi connectivity index (χ0n) is 8.54. The van der Waals surface area contributed by atoms with E-state index in [1.54, 1.807) is 0 Å². The van der Waals surface area contributed by atoms with Gasteiger partial charge < -0.3 is 13.6 Å². The highest BCUT2D eigenvalue weighted by Crippen LogP contribution is 1.94. The van der Waals surface area contributed by atoms with Gasteiger partial charge in [-0.3, -0.25) is 0 Å². The summed E-state index contributed by atoms with van der Waals surface area (Å²) in [5, 5.41) is 0.636. The zero-order chi connectivity index (χ0) is 10.1. The van der Waals surface area contributed by atoms with Gasteiger partial charge in [0.25, 0.3) is 0 Å². The van der Waals surface area contributed by atoms with Gasteiger partial charge in [0, 0.05) is 19.6 Å². The topological polar surface area (TPSA) is 27.7 Å². The highest BCUT2D eigenvalue weighted by Gasteiger charge is 2.13. The van der Waals surface area contributed by atoms with Crippen LogP contribution in [0.1, 0.15) is 27.2 Å². The molecule has 0 amide bonds. The summed E-state index contributed by atoms with van der Waals surface area (Å²) in [4.78, 5) is 0. The molecule has 78 valence electrons. The van der Waals surface area contributed by atoms with Crippen molar-refractivity contribution in [1.82, 2.24) is 0 Å². The molecule has 0 aromatic heterocycles. The maximum absolute atomic E-state index is 5.41. The van der Waals surface area contributed by atoms with E-state index in [1.807, 2.05) is 20.8 Å². The maximum atomic E-state index is 5.41. The van der Waals surface area contributed by atoms with Gasteiger partial charge in [-0.25, -0.2) is 0 Å². The van der Waals surface area contributed by atoms with Crippen molar-refractivity contribution in [2.45, 2.75) is 27.2 Å². The molecule has 0 saturated carbocycles. The van der Waals surface area contributed by atoms with Gasteiger partial charge in [0.05, 0.1) is 0 Å². The molecule has 0 spiro atoms. The standard InChI is InChI=1S/C8H18O3SSi/c1-4-8(12)9-7-13(10-5-2)11-6-3/h13H,4-7H2,1-3H3. The van der Waals surface area contributed by atoms with Crippen molar-refractivity contribution in [3.8, 4) is 0 Å². The van der Waals surface area contributed by atoms with Crippen LogP contribution in [-0.2, 0) is 13.6 Å². The lowest BCUT2D eigenvalue weighted by Gasteiger charge is -2.15. The summed E-state index contributed by atoms with van der Waals surface area (Å²) < 4.78 is 16.1. The third-order valence-corrected chi connectivity index (χ3v) is 3.63. The van der Waals surface area contributed by atoms with Gasteiger partial charge >= 0.3 is 9.28 Å². The summed E-state index contributed by atoms with van der Waals surface area (Å²) in [6, 6.07) is 0. The largest absolute Gasteiger partial charge is 0.485 e. The van der Waals surface area contributed by atoms with E-state index < -0.39 is 9.28 Å². The number of hydrogen-bond donors (Lipinski definition) is 0. The van der Waals surface area contributed by atoms with Gasteiger partial charge in [-0.2, -0.15) is 0 Å². The van der Waals surface area contributed by atoms with Gasteiger partial charge in [0.15, 0.2) is 5.05 Å². The van der Waals surface area contributed by atoms with Crippen molar-refractivity contribution >= 4 is 26.6 Å². The Morgan fingerprint density at radius 1 is 1.15 bits per heavy atom. The van der Waals surface area contributed by atoms with Crippen LogP contribution in [0, 0.1) is 0 Å². The van der Waals surface area contributed by atoms with Crippen LogP contribution < -0.4 is 0 Å². The van der Waals surface area contributed by atoms with Crippen molar-refractivity contribution in [3.05, 3.63) is 0 Å². The first-order chi connectivity index (χ1) is 6.24. The maximum Gasteiger partial charge on any atom is 0.360 e. The van der Waals surface area contributed by atoms with E-state index in [4.69, 9.17) is 25.8 Å². The molecule has 3 nitrogen and oxygen atoms in total. The molecular weight excluding hydrogens is 204 g/mol. The van der Waals surface area contributed by atoms with Crippen LogP contribution in [0.2, 0.25) is 0 Å². The summed E-state index contributed by atoms with van der Waals surface area (Å²) in [7, 11) is -1.61. The molecule has 0 aromatic rings. The molecule has 0 aromatic carbocycles. The number of thiocarbonyl (C=S) groups is 1.